The zero-order valence-electron chi connectivity index (χ0n) is 13.5. The molecular formula is C18H19BrN2O3. The fourth-order valence-corrected chi connectivity index (χ4v) is 4.23. The van der Waals surface area contributed by atoms with Crippen molar-refractivity contribution in [3.63, 3.8) is 0 Å². The van der Waals surface area contributed by atoms with E-state index in [1.807, 2.05) is 6.07 Å². The van der Waals surface area contributed by atoms with Crippen LogP contribution in [0.3, 0.4) is 0 Å². The molecular weight excluding hydrogens is 372 g/mol. The Labute approximate surface area is 148 Å². The number of benzene rings is 1. The lowest BCUT2D eigenvalue weighted by molar-refractivity contribution is 0.0856. The van der Waals surface area contributed by atoms with Crippen LogP contribution in [-0.2, 0) is 11.2 Å². The van der Waals surface area contributed by atoms with Crippen molar-refractivity contribution in [1.82, 2.24) is 9.88 Å². The van der Waals surface area contributed by atoms with Gasteiger partial charge >= 0.3 is 0 Å². The predicted octanol–water partition coefficient (Wildman–Crippen LogP) is 2.79. The number of nitrogens with zero attached hydrogens (tertiary/aromatic N) is 1. The van der Waals surface area contributed by atoms with Gasteiger partial charge in [0.2, 0.25) is 5.43 Å². The van der Waals surface area contributed by atoms with E-state index in [1.54, 1.807) is 6.20 Å². The van der Waals surface area contributed by atoms with Gasteiger partial charge in [-0.15, -0.1) is 0 Å². The second kappa shape index (κ2) is 6.01. The molecule has 0 bridgehead atoms. The first-order chi connectivity index (χ1) is 11.5. The maximum Gasteiger partial charge on any atom is 0.256 e. The molecule has 0 unspecified atom stereocenters. The Hall–Kier alpha value is -1.66. The van der Waals surface area contributed by atoms with E-state index >= 15 is 0 Å². The summed E-state index contributed by atoms with van der Waals surface area (Å²) in [6.07, 6.45) is 4.63. The molecule has 126 valence electrons. The zero-order valence-corrected chi connectivity index (χ0v) is 15.1. The summed E-state index contributed by atoms with van der Waals surface area (Å²) in [6, 6.07) is 4.10. The van der Waals surface area contributed by atoms with Crippen LogP contribution < -0.4 is 10.7 Å². The first-order valence-corrected chi connectivity index (χ1v) is 9.11. The highest BCUT2D eigenvalue weighted by Crippen LogP contribution is 2.33. The van der Waals surface area contributed by atoms with Gasteiger partial charge in [-0.25, -0.2) is 0 Å². The first-order valence-electron chi connectivity index (χ1n) is 8.31. The van der Waals surface area contributed by atoms with Crippen LogP contribution in [0.5, 0.6) is 0 Å². The number of carbonyl (C=O) groups excluding carboxylic acids is 1. The molecule has 1 amide bonds. The van der Waals surface area contributed by atoms with Gasteiger partial charge in [-0.3, -0.25) is 9.59 Å². The molecule has 1 saturated heterocycles. The number of hydrogen-bond donors (Lipinski definition) is 1. The molecule has 5 nitrogen and oxygen atoms in total. The Kier molecular flexibility index (Phi) is 3.96. The van der Waals surface area contributed by atoms with Crippen molar-refractivity contribution < 1.29 is 9.53 Å². The molecule has 1 aromatic carbocycles. The van der Waals surface area contributed by atoms with Crippen LogP contribution in [0.25, 0.3) is 10.9 Å². The molecule has 2 aromatic rings. The second-order valence-corrected chi connectivity index (χ2v) is 7.55. The van der Waals surface area contributed by atoms with Gasteiger partial charge in [-0.1, -0.05) is 15.9 Å². The van der Waals surface area contributed by atoms with Crippen molar-refractivity contribution in [3.8, 4) is 0 Å². The molecule has 0 saturated carbocycles. The summed E-state index contributed by atoms with van der Waals surface area (Å²) >= 11 is 3.47. The summed E-state index contributed by atoms with van der Waals surface area (Å²) < 4.78 is 8.45. The number of rotatable bonds is 3. The van der Waals surface area contributed by atoms with E-state index in [1.165, 1.54) is 0 Å². The third kappa shape index (κ3) is 2.58. The summed E-state index contributed by atoms with van der Waals surface area (Å²) in [5.41, 5.74) is 2.10. The lowest BCUT2D eigenvalue weighted by Gasteiger charge is -2.14. The minimum Gasteiger partial charge on any atom is -0.376 e. The predicted molar refractivity (Wildman–Crippen MR) is 95.6 cm³/mol. The standard InChI is InChI=1S/C18H19BrN2O3/c1-10-5-11-6-12(19)7-14-16(11)21(10)9-15(17(14)22)18(23)20-8-13-3-2-4-24-13/h6-7,9-10,13H,2-5,8H2,1H3,(H,20,23)/t10-,13-/m1/s1. The van der Waals surface area contributed by atoms with Crippen LogP contribution in [0, 0.1) is 0 Å². The van der Waals surface area contributed by atoms with E-state index in [-0.39, 0.29) is 29.0 Å². The summed E-state index contributed by atoms with van der Waals surface area (Å²) in [4.78, 5) is 25.4. The number of amides is 1. The quantitative estimate of drug-likeness (QED) is 0.876. The third-order valence-corrected chi connectivity index (χ3v) is 5.38. The minimum absolute atomic E-state index is 0.0620. The highest BCUT2D eigenvalue weighted by molar-refractivity contribution is 9.10. The van der Waals surface area contributed by atoms with Crippen molar-refractivity contribution in [2.75, 3.05) is 13.2 Å². The smallest absolute Gasteiger partial charge is 0.256 e. The van der Waals surface area contributed by atoms with E-state index in [0.717, 1.165) is 41.4 Å². The monoisotopic (exact) mass is 390 g/mol. The summed E-state index contributed by atoms with van der Waals surface area (Å²) in [7, 11) is 0. The number of ether oxygens (including phenoxy) is 1. The molecule has 24 heavy (non-hydrogen) atoms. The number of nitrogens with one attached hydrogen (secondary N) is 1. The number of carbonyl (C=O) groups is 1. The Morgan fingerprint density at radius 3 is 3.04 bits per heavy atom. The molecule has 2 aliphatic heterocycles. The van der Waals surface area contributed by atoms with Crippen molar-refractivity contribution in [2.45, 2.75) is 38.3 Å². The number of hydrogen-bond acceptors (Lipinski definition) is 3. The van der Waals surface area contributed by atoms with Crippen LogP contribution in [0.2, 0.25) is 0 Å². The van der Waals surface area contributed by atoms with E-state index in [4.69, 9.17) is 4.74 Å². The van der Waals surface area contributed by atoms with Crippen molar-refractivity contribution in [3.05, 3.63) is 44.2 Å². The van der Waals surface area contributed by atoms with Crippen molar-refractivity contribution in [1.29, 1.82) is 0 Å². The Morgan fingerprint density at radius 2 is 2.29 bits per heavy atom. The Morgan fingerprint density at radius 1 is 1.46 bits per heavy atom. The van der Waals surface area contributed by atoms with Crippen LogP contribution in [0.15, 0.2) is 27.6 Å². The van der Waals surface area contributed by atoms with Gasteiger partial charge in [0.05, 0.1) is 11.6 Å². The number of aromatic nitrogens is 1. The van der Waals surface area contributed by atoms with Crippen LogP contribution in [0.1, 0.15) is 41.7 Å². The first kappa shape index (κ1) is 15.8. The van der Waals surface area contributed by atoms with Crippen molar-refractivity contribution >= 4 is 32.7 Å². The molecule has 1 fully saturated rings. The van der Waals surface area contributed by atoms with Crippen LogP contribution in [-0.4, -0.2) is 29.7 Å². The van der Waals surface area contributed by atoms with Crippen LogP contribution in [0.4, 0.5) is 0 Å². The normalized spacial score (nSPS) is 22.2. The average Bonchev–Trinajstić information content (AvgIpc) is 3.16. The molecule has 0 spiro atoms. The van der Waals surface area contributed by atoms with Gasteiger partial charge in [0.1, 0.15) is 5.56 Å². The molecule has 2 aliphatic rings. The molecule has 2 atom stereocenters. The molecule has 4 rings (SSSR count). The van der Waals surface area contributed by atoms with E-state index in [0.29, 0.717) is 11.9 Å². The molecule has 1 N–H and O–H groups in total. The maximum absolute atomic E-state index is 12.8. The fraction of sp³-hybridized carbons (Fsp3) is 0.444. The third-order valence-electron chi connectivity index (χ3n) is 4.92. The molecule has 6 heteroatoms. The topological polar surface area (TPSA) is 60.3 Å². The second-order valence-electron chi connectivity index (χ2n) is 6.64. The highest BCUT2D eigenvalue weighted by Gasteiger charge is 2.25. The molecule has 0 aliphatic carbocycles. The van der Waals surface area contributed by atoms with Gasteiger partial charge < -0.3 is 14.6 Å². The highest BCUT2D eigenvalue weighted by atomic mass is 79.9. The Balaban J connectivity index is 1.73. The van der Waals surface area contributed by atoms with Gasteiger partial charge in [0, 0.05) is 35.2 Å². The number of pyridine rings is 1. The lowest BCUT2D eigenvalue weighted by Crippen LogP contribution is -2.35. The van der Waals surface area contributed by atoms with Gasteiger partial charge in [0.25, 0.3) is 5.91 Å². The summed E-state index contributed by atoms with van der Waals surface area (Å²) in [6.45, 7) is 3.30. The molecule has 0 radical (unpaired) electrons. The fourth-order valence-electron chi connectivity index (χ4n) is 3.73. The van der Waals surface area contributed by atoms with Crippen LogP contribution >= 0.6 is 15.9 Å². The largest absolute Gasteiger partial charge is 0.376 e. The SMILES string of the molecule is C[C@@H]1Cc2cc(Br)cc3c(=O)c(C(=O)NC[C@H]4CCCO4)cn1c23. The zero-order chi connectivity index (χ0) is 16.8. The van der Waals surface area contributed by atoms with E-state index in [2.05, 4.69) is 38.8 Å². The van der Waals surface area contributed by atoms with E-state index in [9.17, 15) is 9.59 Å². The van der Waals surface area contributed by atoms with Gasteiger partial charge in [-0.05, 0) is 43.9 Å². The van der Waals surface area contributed by atoms with Crippen molar-refractivity contribution in [2.24, 2.45) is 0 Å². The molecule has 1 aromatic heterocycles. The van der Waals surface area contributed by atoms with Gasteiger partial charge in [-0.2, -0.15) is 0 Å². The van der Waals surface area contributed by atoms with Gasteiger partial charge in [0.15, 0.2) is 0 Å². The number of halogens is 1. The Bertz CT molecular complexity index is 884. The maximum atomic E-state index is 12.8. The summed E-state index contributed by atoms with van der Waals surface area (Å²) in [5.74, 6) is -0.318. The molecule has 3 heterocycles. The lowest BCUT2D eigenvalue weighted by atomic mass is 10.1. The van der Waals surface area contributed by atoms with E-state index < -0.39 is 0 Å². The minimum atomic E-state index is -0.318. The summed E-state index contributed by atoms with van der Waals surface area (Å²) in [5, 5.41) is 3.46. The average molecular weight is 391 g/mol.